The molecule has 1 saturated heterocycles. The van der Waals surface area contributed by atoms with Crippen molar-refractivity contribution in [2.24, 2.45) is 11.8 Å². The molecule has 3 rings (SSSR count). The van der Waals surface area contributed by atoms with Crippen molar-refractivity contribution in [3.05, 3.63) is 35.2 Å². The number of allylic oxidation sites excluding steroid dienone is 3. The number of halogens is 3. The molecule has 2 aliphatic rings. The number of carbonyl (C=O) groups excluding carboxylic acids is 1. The molecular weight excluding hydrogens is 397 g/mol. The number of nitrogens with zero attached hydrogens (tertiary/aromatic N) is 3. The number of aldehydes is 1. The molecule has 2 heterocycles. The van der Waals surface area contributed by atoms with Gasteiger partial charge in [0, 0.05) is 30.6 Å². The Labute approximate surface area is 173 Å². The van der Waals surface area contributed by atoms with E-state index in [1.165, 1.54) is 6.08 Å². The zero-order valence-corrected chi connectivity index (χ0v) is 17.1. The van der Waals surface area contributed by atoms with Crippen LogP contribution in [0.25, 0.3) is 5.57 Å². The number of hydrogen-bond acceptors (Lipinski definition) is 6. The van der Waals surface area contributed by atoms with Gasteiger partial charge < -0.3 is 20.1 Å². The first-order valence-electron chi connectivity index (χ1n) is 10.1. The minimum Gasteiger partial charge on any atom is -0.508 e. The number of anilines is 1. The molecule has 0 spiro atoms. The smallest absolute Gasteiger partial charge is 0.395 e. The molecule has 0 saturated carbocycles. The summed E-state index contributed by atoms with van der Waals surface area (Å²) >= 11 is 0. The molecule has 2 N–H and O–H groups in total. The second-order valence-corrected chi connectivity index (χ2v) is 8.17. The molecule has 0 bridgehead atoms. The van der Waals surface area contributed by atoms with Gasteiger partial charge in [-0.1, -0.05) is 13.0 Å². The third-order valence-corrected chi connectivity index (χ3v) is 5.51. The summed E-state index contributed by atoms with van der Waals surface area (Å²) in [5.74, 6) is -1.54. The Morgan fingerprint density at radius 3 is 2.80 bits per heavy atom. The van der Waals surface area contributed by atoms with Crippen LogP contribution < -0.4 is 5.32 Å². The predicted octanol–water partition coefficient (Wildman–Crippen LogP) is 3.90. The van der Waals surface area contributed by atoms with Crippen molar-refractivity contribution in [2.45, 2.75) is 45.3 Å². The van der Waals surface area contributed by atoms with Crippen LogP contribution in [0.2, 0.25) is 0 Å². The second-order valence-electron chi connectivity index (χ2n) is 8.17. The standard InChI is InChI=1S/C21H27F3N4O2/c1-13(12-29)10-28-7-3-4-16(11-28)25-19-8-14(2)20(27-26-19)17-6-5-15(9-18(17)30)21(22,23)24/h6,8-9,12-13,15-16,30H,3-5,7,10-11H2,1-2H3,(H,25,26). The van der Waals surface area contributed by atoms with E-state index in [0.29, 0.717) is 17.1 Å². The van der Waals surface area contributed by atoms with E-state index in [-0.39, 0.29) is 24.0 Å². The lowest BCUT2D eigenvalue weighted by atomic mass is 9.92. The summed E-state index contributed by atoms with van der Waals surface area (Å²) in [6, 6.07) is 1.96. The van der Waals surface area contributed by atoms with E-state index >= 15 is 0 Å². The summed E-state index contributed by atoms with van der Waals surface area (Å²) in [7, 11) is 0. The number of aromatic nitrogens is 2. The van der Waals surface area contributed by atoms with Gasteiger partial charge in [0.15, 0.2) is 0 Å². The molecule has 1 aliphatic carbocycles. The molecule has 0 aromatic carbocycles. The van der Waals surface area contributed by atoms with E-state index in [1.807, 2.05) is 6.92 Å². The van der Waals surface area contributed by atoms with Crippen molar-refractivity contribution >= 4 is 17.7 Å². The van der Waals surface area contributed by atoms with Gasteiger partial charge in [-0.05, 0) is 50.4 Å². The molecule has 9 heteroatoms. The lowest BCUT2D eigenvalue weighted by Gasteiger charge is -2.34. The number of hydrogen-bond donors (Lipinski definition) is 2. The number of aliphatic hydroxyl groups excluding tert-OH is 1. The van der Waals surface area contributed by atoms with E-state index in [1.54, 1.807) is 13.0 Å². The van der Waals surface area contributed by atoms with E-state index < -0.39 is 17.9 Å². The van der Waals surface area contributed by atoms with Crippen LogP contribution >= 0.6 is 0 Å². The van der Waals surface area contributed by atoms with E-state index in [4.69, 9.17) is 0 Å². The number of alkyl halides is 3. The Morgan fingerprint density at radius 2 is 2.17 bits per heavy atom. The number of carbonyl (C=O) groups is 1. The highest BCUT2D eigenvalue weighted by molar-refractivity contribution is 5.77. The number of rotatable bonds is 6. The van der Waals surface area contributed by atoms with Gasteiger partial charge in [0.25, 0.3) is 0 Å². The van der Waals surface area contributed by atoms with Crippen LogP contribution in [0.3, 0.4) is 0 Å². The molecule has 1 aliphatic heterocycles. The molecule has 30 heavy (non-hydrogen) atoms. The number of aliphatic hydroxyl groups is 1. The molecule has 164 valence electrons. The van der Waals surface area contributed by atoms with E-state index in [2.05, 4.69) is 20.4 Å². The third kappa shape index (κ3) is 5.38. The zero-order chi connectivity index (χ0) is 21.9. The molecule has 3 unspecified atom stereocenters. The Balaban J connectivity index is 1.67. The fraction of sp³-hybridized carbons (Fsp3) is 0.571. The van der Waals surface area contributed by atoms with Crippen LogP contribution in [0.4, 0.5) is 19.0 Å². The van der Waals surface area contributed by atoms with Gasteiger partial charge in [0.1, 0.15) is 17.9 Å². The zero-order valence-electron chi connectivity index (χ0n) is 17.1. The Kier molecular flexibility index (Phi) is 6.80. The molecule has 1 aromatic rings. The van der Waals surface area contributed by atoms with Gasteiger partial charge >= 0.3 is 6.18 Å². The van der Waals surface area contributed by atoms with Crippen LogP contribution in [0.15, 0.2) is 24.0 Å². The lowest BCUT2D eigenvalue weighted by molar-refractivity contribution is -0.160. The number of likely N-dealkylation sites (tertiary alicyclic amines) is 1. The molecular formula is C21H27F3N4O2. The summed E-state index contributed by atoms with van der Waals surface area (Å²) in [6.45, 7) is 6.17. The van der Waals surface area contributed by atoms with Crippen LogP contribution in [-0.4, -0.2) is 58.3 Å². The molecule has 1 aromatic heterocycles. The van der Waals surface area contributed by atoms with Crippen LogP contribution in [-0.2, 0) is 4.79 Å². The minimum absolute atomic E-state index is 0.00786. The monoisotopic (exact) mass is 424 g/mol. The Morgan fingerprint density at radius 1 is 1.40 bits per heavy atom. The summed E-state index contributed by atoms with van der Waals surface area (Å²) in [5.41, 5.74) is 1.37. The average molecular weight is 424 g/mol. The summed E-state index contributed by atoms with van der Waals surface area (Å²) in [4.78, 5) is 13.2. The number of aryl methyl sites for hydroxylation is 1. The van der Waals surface area contributed by atoms with Crippen molar-refractivity contribution in [1.82, 2.24) is 15.1 Å². The highest BCUT2D eigenvalue weighted by Crippen LogP contribution is 2.37. The molecule has 1 fully saturated rings. The average Bonchev–Trinajstić information content (AvgIpc) is 2.68. The van der Waals surface area contributed by atoms with Crippen LogP contribution in [0, 0.1) is 18.8 Å². The number of nitrogens with one attached hydrogen (secondary N) is 1. The van der Waals surface area contributed by atoms with Crippen LogP contribution in [0.1, 0.15) is 37.4 Å². The molecule has 0 radical (unpaired) electrons. The quantitative estimate of drug-likeness (QED) is 0.675. The van der Waals surface area contributed by atoms with Gasteiger partial charge in [0.2, 0.25) is 0 Å². The largest absolute Gasteiger partial charge is 0.508 e. The van der Waals surface area contributed by atoms with Gasteiger partial charge in [-0.25, -0.2) is 0 Å². The SMILES string of the molecule is Cc1cc(NC2CCCN(CC(C)C=O)C2)nnc1C1=CCC(C(F)(F)F)C=C1O. The summed E-state index contributed by atoms with van der Waals surface area (Å²) in [5, 5.41) is 21.8. The van der Waals surface area contributed by atoms with Gasteiger partial charge in [-0.2, -0.15) is 13.2 Å². The highest BCUT2D eigenvalue weighted by atomic mass is 19.4. The lowest BCUT2D eigenvalue weighted by Crippen LogP contribution is -2.44. The first-order chi connectivity index (χ1) is 14.2. The van der Waals surface area contributed by atoms with Crippen molar-refractivity contribution < 1.29 is 23.1 Å². The predicted molar refractivity (Wildman–Crippen MR) is 108 cm³/mol. The normalized spacial score (nSPS) is 24.0. The van der Waals surface area contributed by atoms with Gasteiger partial charge in [0.05, 0.1) is 11.6 Å². The maximum Gasteiger partial charge on any atom is 0.395 e. The Hall–Kier alpha value is -2.42. The van der Waals surface area contributed by atoms with E-state index in [0.717, 1.165) is 44.8 Å². The first kappa shape index (κ1) is 22.3. The van der Waals surface area contributed by atoms with E-state index in [9.17, 15) is 23.1 Å². The minimum atomic E-state index is -4.39. The highest BCUT2D eigenvalue weighted by Gasteiger charge is 2.39. The maximum atomic E-state index is 12.9. The Bertz CT molecular complexity index is 838. The second kappa shape index (κ2) is 9.16. The molecule has 0 amide bonds. The van der Waals surface area contributed by atoms with Crippen molar-refractivity contribution in [2.75, 3.05) is 25.0 Å². The van der Waals surface area contributed by atoms with Crippen molar-refractivity contribution in [1.29, 1.82) is 0 Å². The topological polar surface area (TPSA) is 78.4 Å². The fourth-order valence-corrected chi connectivity index (χ4v) is 3.96. The number of piperidine rings is 1. The molecule has 6 nitrogen and oxygen atoms in total. The van der Waals surface area contributed by atoms with Crippen molar-refractivity contribution in [3.8, 4) is 0 Å². The molecule has 3 atom stereocenters. The fourth-order valence-electron chi connectivity index (χ4n) is 3.96. The van der Waals surface area contributed by atoms with Gasteiger partial charge in [-0.15, -0.1) is 10.2 Å². The maximum absolute atomic E-state index is 12.9. The summed E-state index contributed by atoms with van der Waals surface area (Å²) in [6.07, 6.45) is 0.528. The third-order valence-electron chi connectivity index (χ3n) is 5.51. The van der Waals surface area contributed by atoms with Crippen molar-refractivity contribution in [3.63, 3.8) is 0 Å². The van der Waals surface area contributed by atoms with Gasteiger partial charge in [-0.3, -0.25) is 0 Å². The van der Waals surface area contributed by atoms with Crippen LogP contribution in [0.5, 0.6) is 0 Å². The first-order valence-corrected chi connectivity index (χ1v) is 10.1. The summed E-state index contributed by atoms with van der Waals surface area (Å²) < 4.78 is 38.6.